The first kappa shape index (κ1) is 21.8. The Balaban J connectivity index is 2.04. The molecule has 0 aromatic heterocycles. The fraction of sp³-hybridized carbons (Fsp3) is 0.381. The van der Waals surface area contributed by atoms with Crippen molar-refractivity contribution in [1.82, 2.24) is 5.32 Å². The highest BCUT2D eigenvalue weighted by atomic mass is 32.2. The zero-order valence-corrected chi connectivity index (χ0v) is 17.8. The number of carbonyl (C=O) groups excluding carboxylic acids is 1. The Labute approximate surface area is 167 Å². The molecular formula is C21H28N2O4S. The van der Waals surface area contributed by atoms with Crippen LogP contribution in [0.4, 0.5) is 5.69 Å². The van der Waals surface area contributed by atoms with Crippen molar-refractivity contribution < 1.29 is 17.9 Å². The molecule has 0 bridgehead atoms. The summed E-state index contributed by atoms with van der Waals surface area (Å²) in [6.07, 6.45) is 1.11. The molecule has 0 aliphatic heterocycles. The van der Waals surface area contributed by atoms with Crippen LogP contribution in [0, 0.1) is 20.8 Å². The predicted molar refractivity (Wildman–Crippen MR) is 112 cm³/mol. The Morgan fingerprint density at radius 3 is 2.29 bits per heavy atom. The molecule has 0 heterocycles. The van der Waals surface area contributed by atoms with Crippen molar-refractivity contribution in [3.63, 3.8) is 0 Å². The third kappa shape index (κ3) is 5.73. The van der Waals surface area contributed by atoms with Gasteiger partial charge in [-0.1, -0.05) is 24.3 Å². The van der Waals surface area contributed by atoms with Crippen LogP contribution in [-0.2, 0) is 14.8 Å². The molecule has 0 spiro atoms. The Kier molecular flexibility index (Phi) is 7.07. The summed E-state index contributed by atoms with van der Waals surface area (Å²) in [4.78, 5) is 12.6. The van der Waals surface area contributed by atoms with E-state index >= 15 is 0 Å². The maximum Gasteiger partial charge on any atom is 0.243 e. The maximum absolute atomic E-state index is 12.6. The van der Waals surface area contributed by atoms with Gasteiger partial charge in [-0.05, 0) is 62.6 Å². The fourth-order valence-corrected chi connectivity index (χ4v) is 4.25. The number of sulfonamides is 1. The van der Waals surface area contributed by atoms with Gasteiger partial charge in [-0.3, -0.25) is 9.10 Å². The number of rotatable bonds is 8. The van der Waals surface area contributed by atoms with E-state index in [4.69, 9.17) is 4.74 Å². The Morgan fingerprint density at radius 1 is 1.11 bits per heavy atom. The van der Waals surface area contributed by atoms with Gasteiger partial charge in [0.05, 0.1) is 18.5 Å². The van der Waals surface area contributed by atoms with Gasteiger partial charge in [0.25, 0.3) is 0 Å². The van der Waals surface area contributed by atoms with Gasteiger partial charge in [0.2, 0.25) is 15.9 Å². The SMILES string of the molecule is Cc1cc(C)cc(N([C@H](C)C(=O)NCCOc2ccccc2C)S(C)(=O)=O)c1. The van der Waals surface area contributed by atoms with Crippen LogP contribution >= 0.6 is 0 Å². The van der Waals surface area contributed by atoms with E-state index in [1.807, 2.05) is 51.1 Å². The summed E-state index contributed by atoms with van der Waals surface area (Å²) in [5.74, 6) is 0.385. The summed E-state index contributed by atoms with van der Waals surface area (Å²) < 4.78 is 31.6. The lowest BCUT2D eigenvalue weighted by Gasteiger charge is -2.28. The summed E-state index contributed by atoms with van der Waals surface area (Å²) in [6.45, 7) is 7.89. The summed E-state index contributed by atoms with van der Waals surface area (Å²) >= 11 is 0. The second kappa shape index (κ2) is 9.10. The molecule has 1 atom stereocenters. The molecule has 0 aliphatic rings. The van der Waals surface area contributed by atoms with Crippen molar-refractivity contribution in [3.05, 3.63) is 59.2 Å². The first-order valence-electron chi connectivity index (χ1n) is 9.13. The summed E-state index contributed by atoms with van der Waals surface area (Å²) in [5.41, 5.74) is 3.37. The number of ether oxygens (including phenoxy) is 1. The molecule has 1 amide bonds. The average Bonchev–Trinajstić information content (AvgIpc) is 2.58. The lowest BCUT2D eigenvalue weighted by molar-refractivity contribution is -0.121. The molecule has 0 radical (unpaired) electrons. The van der Waals surface area contributed by atoms with Gasteiger partial charge in [0.1, 0.15) is 18.4 Å². The van der Waals surface area contributed by atoms with Gasteiger partial charge < -0.3 is 10.1 Å². The van der Waals surface area contributed by atoms with E-state index in [0.29, 0.717) is 12.3 Å². The topological polar surface area (TPSA) is 75.7 Å². The van der Waals surface area contributed by atoms with Crippen molar-refractivity contribution >= 4 is 21.6 Å². The number of para-hydroxylation sites is 1. The van der Waals surface area contributed by atoms with Crippen LogP contribution in [-0.4, -0.2) is 39.8 Å². The highest BCUT2D eigenvalue weighted by Gasteiger charge is 2.29. The van der Waals surface area contributed by atoms with Crippen molar-refractivity contribution in [2.45, 2.75) is 33.7 Å². The van der Waals surface area contributed by atoms with Crippen LogP contribution in [0.3, 0.4) is 0 Å². The highest BCUT2D eigenvalue weighted by molar-refractivity contribution is 7.92. The van der Waals surface area contributed by atoms with Gasteiger partial charge in [-0.15, -0.1) is 0 Å². The Bertz CT molecular complexity index is 921. The van der Waals surface area contributed by atoms with Crippen LogP contribution in [0.2, 0.25) is 0 Å². The highest BCUT2D eigenvalue weighted by Crippen LogP contribution is 2.24. The number of nitrogens with zero attached hydrogens (tertiary/aromatic N) is 1. The van der Waals surface area contributed by atoms with E-state index in [-0.39, 0.29) is 12.5 Å². The second-order valence-electron chi connectivity index (χ2n) is 6.99. The third-order valence-corrected chi connectivity index (χ3v) is 5.54. The molecule has 0 fully saturated rings. The first-order valence-corrected chi connectivity index (χ1v) is 11.0. The molecule has 0 unspecified atom stereocenters. The van der Waals surface area contributed by atoms with Crippen LogP contribution in [0.1, 0.15) is 23.6 Å². The number of hydrogen-bond donors (Lipinski definition) is 1. The minimum atomic E-state index is -3.63. The maximum atomic E-state index is 12.6. The Hall–Kier alpha value is -2.54. The van der Waals surface area contributed by atoms with E-state index in [0.717, 1.165) is 33.0 Å². The normalized spacial score (nSPS) is 12.3. The van der Waals surface area contributed by atoms with Crippen molar-refractivity contribution in [2.75, 3.05) is 23.7 Å². The lowest BCUT2D eigenvalue weighted by Crippen LogP contribution is -2.48. The molecule has 2 aromatic rings. The smallest absolute Gasteiger partial charge is 0.243 e. The summed E-state index contributed by atoms with van der Waals surface area (Å²) in [5, 5.41) is 2.75. The monoisotopic (exact) mass is 404 g/mol. The van der Waals surface area contributed by atoms with Gasteiger partial charge in [-0.2, -0.15) is 0 Å². The van der Waals surface area contributed by atoms with Crippen LogP contribution < -0.4 is 14.4 Å². The van der Waals surface area contributed by atoms with Gasteiger partial charge >= 0.3 is 0 Å². The molecule has 152 valence electrons. The van der Waals surface area contributed by atoms with Crippen molar-refractivity contribution in [2.24, 2.45) is 0 Å². The van der Waals surface area contributed by atoms with E-state index in [9.17, 15) is 13.2 Å². The number of carbonyl (C=O) groups is 1. The standard InChI is InChI=1S/C21H28N2O4S/c1-15-12-16(2)14-19(13-15)23(28(5,25)26)18(4)21(24)22-10-11-27-20-9-7-6-8-17(20)3/h6-9,12-14,18H,10-11H2,1-5H3,(H,22,24)/t18-/m1/s1. The van der Waals surface area contributed by atoms with E-state index in [1.165, 1.54) is 0 Å². The molecule has 1 N–H and O–H groups in total. The molecular weight excluding hydrogens is 376 g/mol. The molecule has 0 aliphatic carbocycles. The number of aryl methyl sites for hydroxylation is 3. The molecule has 6 nitrogen and oxygen atoms in total. The third-order valence-electron chi connectivity index (χ3n) is 4.30. The molecule has 28 heavy (non-hydrogen) atoms. The predicted octanol–water partition coefficient (Wildman–Crippen LogP) is 2.96. The zero-order chi connectivity index (χ0) is 20.9. The van der Waals surface area contributed by atoms with E-state index in [2.05, 4.69) is 5.32 Å². The van der Waals surface area contributed by atoms with E-state index < -0.39 is 16.1 Å². The van der Waals surface area contributed by atoms with E-state index in [1.54, 1.807) is 19.1 Å². The van der Waals surface area contributed by atoms with Crippen molar-refractivity contribution in [1.29, 1.82) is 0 Å². The lowest BCUT2D eigenvalue weighted by atomic mass is 10.1. The molecule has 0 saturated carbocycles. The minimum absolute atomic E-state index is 0.280. The first-order chi connectivity index (χ1) is 13.1. The Morgan fingerprint density at radius 2 is 1.71 bits per heavy atom. The number of anilines is 1. The molecule has 0 saturated heterocycles. The average molecular weight is 405 g/mol. The zero-order valence-electron chi connectivity index (χ0n) is 17.0. The number of hydrogen-bond acceptors (Lipinski definition) is 4. The van der Waals surface area contributed by atoms with Crippen LogP contribution in [0.25, 0.3) is 0 Å². The van der Waals surface area contributed by atoms with Gasteiger partial charge in [0.15, 0.2) is 0 Å². The molecule has 2 aromatic carbocycles. The van der Waals surface area contributed by atoms with Crippen LogP contribution in [0.5, 0.6) is 5.75 Å². The number of nitrogens with one attached hydrogen (secondary N) is 1. The van der Waals surface area contributed by atoms with Crippen LogP contribution in [0.15, 0.2) is 42.5 Å². The largest absolute Gasteiger partial charge is 0.491 e. The summed E-state index contributed by atoms with van der Waals surface area (Å²) in [7, 11) is -3.63. The number of amides is 1. The second-order valence-corrected chi connectivity index (χ2v) is 8.85. The van der Waals surface area contributed by atoms with Gasteiger partial charge in [-0.25, -0.2) is 8.42 Å². The van der Waals surface area contributed by atoms with Crippen molar-refractivity contribution in [3.8, 4) is 5.75 Å². The molecule has 7 heteroatoms. The summed E-state index contributed by atoms with van der Waals surface area (Å²) in [6, 6.07) is 12.2. The minimum Gasteiger partial charge on any atom is -0.491 e. The fourth-order valence-electron chi connectivity index (χ4n) is 3.09. The number of benzene rings is 2. The molecule has 2 rings (SSSR count). The van der Waals surface area contributed by atoms with Gasteiger partial charge in [0, 0.05) is 0 Å². The quantitative estimate of drug-likeness (QED) is 0.687.